The van der Waals surface area contributed by atoms with Gasteiger partial charge in [-0.15, -0.1) is 0 Å². The van der Waals surface area contributed by atoms with Crippen LogP contribution in [0.2, 0.25) is 0 Å². The smallest absolute Gasteiger partial charge is 0.249 e. The second kappa shape index (κ2) is 6.47. The molecule has 4 heteroatoms. The predicted molar refractivity (Wildman–Crippen MR) is 96.1 cm³/mol. The maximum Gasteiger partial charge on any atom is 0.249 e. The Kier molecular flexibility index (Phi) is 5.21. The van der Waals surface area contributed by atoms with E-state index in [4.69, 9.17) is 4.52 Å². The standard InChI is InChI=1S/C18H31N2OP/c1-15-13-14-19(17(2,3)4)22(20(15)18(5,6)7)21-16-11-9-8-10-12-16/h8-12,15H,13-14H2,1-7H3/t15-,22-/m0/s1. The fraction of sp³-hybridized carbons (Fsp3) is 0.667. The average molecular weight is 322 g/mol. The zero-order valence-corrected chi connectivity index (χ0v) is 16.0. The molecular formula is C18H31N2OP. The van der Waals surface area contributed by atoms with E-state index in [0.717, 1.165) is 12.3 Å². The van der Waals surface area contributed by atoms with Crippen molar-refractivity contribution in [3.8, 4) is 5.75 Å². The molecule has 1 aliphatic rings. The van der Waals surface area contributed by atoms with Crippen LogP contribution in [-0.2, 0) is 0 Å². The molecule has 0 aromatic heterocycles. The molecule has 3 nitrogen and oxygen atoms in total. The largest absolute Gasteiger partial charge is 0.444 e. The summed E-state index contributed by atoms with van der Waals surface area (Å²) in [5.41, 5.74) is 0.188. The van der Waals surface area contributed by atoms with Gasteiger partial charge in [0.15, 0.2) is 0 Å². The van der Waals surface area contributed by atoms with Gasteiger partial charge in [0.05, 0.1) is 0 Å². The van der Waals surface area contributed by atoms with Gasteiger partial charge in [-0.25, -0.2) is 9.34 Å². The first kappa shape index (κ1) is 17.7. The van der Waals surface area contributed by atoms with Gasteiger partial charge in [0, 0.05) is 23.7 Å². The van der Waals surface area contributed by atoms with Gasteiger partial charge in [-0.1, -0.05) is 18.2 Å². The van der Waals surface area contributed by atoms with Crippen molar-refractivity contribution in [2.45, 2.75) is 72.0 Å². The molecule has 2 rings (SSSR count). The normalized spacial score (nSPS) is 25.2. The van der Waals surface area contributed by atoms with Gasteiger partial charge in [0.25, 0.3) is 0 Å². The molecule has 1 aromatic rings. The van der Waals surface area contributed by atoms with Gasteiger partial charge in [0.2, 0.25) is 8.45 Å². The number of para-hydroxylation sites is 1. The Morgan fingerprint density at radius 3 is 2.09 bits per heavy atom. The highest BCUT2D eigenvalue weighted by atomic mass is 31.2. The second-order valence-corrected chi connectivity index (χ2v) is 9.71. The zero-order valence-electron chi connectivity index (χ0n) is 15.1. The van der Waals surface area contributed by atoms with E-state index in [0.29, 0.717) is 6.04 Å². The van der Waals surface area contributed by atoms with Crippen molar-refractivity contribution in [1.29, 1.82) is 0 Å². The highest BCUT2D eigenvalue weighted by molar-refractivity contribution is 7.48. The van der Waals surface area contributed by atoms with Crippen LogP contribution in [0.4, 0.5) is 0 Å². The van der Waals surface area contributed by atoms with E-state index in [-0.39, 0.29) is 11.1 Å². The van der Waals surface area contributed by atoms with Gasteiger partial charge in [0.1, 0.15) is 5.75 Å². The lowest BCUT2D eigenvalue weighted by atomic mass is 10.0. The second-order valence-electron chi connectivity index (χ2n) is 8.10. The fourth-order valence-electron chi connectivity index (χ4n) is 2.98. The zero-order chi connectivity index (χ0) is 16.5. The minimum atomic E-state index is -0.824. The molecule has 1 aliphatic heterocycles. The van der Waals surface area contributed by atoms with E-state index in [2.05, 4.69) is 69.9 Å². The molecule has 0 aliphatic carbocycles. The summed E-state index contributed by atoms with van der Waals surface area (Å²) in [6.07, 6.45) is 1.19. The van der Waals surface area contributed by atoms with E-state index < -0.39 is 8.45 Å². The summed E-state index contributed by atoms with van der Waals surface area (Å²) in [6, 6.07) is 10.8. The van der Waals surface area contributed by atoms with Crippen LogP contribution in [0.5, 0.6) is 5.75 Å². The maximum atomic E-state index is 6.52. The van der Waals surface area contributed by atoms with E-state index >= 15 is 0 Å². The van der Waals surface area contributed by atoms with Crippen LogP contribution in [0, 0.1) is 0 Å². The molecule has 0 radical (unpaired) electrons. The molecule has 1 aromatic carbocycles. The lowest BCUT2D eigenvalue weighted by Gasteiger charge is -2.54. The van der Waals surface area contributed by atoms with Crippen molar-refractivity contribution in [1.82, 2.24) is 9.34 Å². The first-order valence-electron chi connectivity index (χ1n) is 8.20. The van der Waals surface area contributed by atoms with Crippen LogP contribution in [0.1, 0.15) is 54.9 Å². The first-order chi connectivity index (χ1) is 10.1. The Morgan fingerprint density at radius 2 is 1.59 bits per heavy atom. The van der Waals surface area contributed by atoms with Crippen LogP contribution in [0.15, 0.2) is 30.3 Å². The van der Waals surface area contributed by atoms with Crippen LogP contribution in [-0.4, -0.2) is 33.0 Å². The third-order valence-corrected chi connectivity index (χ3v) is 6.91. The van der Waals surface area contributed by atoms with Crippen molar-refractivity contribution in [2.24, 2.45) is 0 Å². The first-order valence-corrected chi connectivity index (χ1v) is 9.37. The topological polar surface area (TPSA) is 15.7 Å². The van der Waals surface area contributed by atoms with Crippen LogP contribution in [0.25, 0.3) is 0 Å². The van der Waals surface area contributed by atoms with Crippen molar-refractivity contribution in [2.75, 3.05) is 6.54 Å². The molecule has 0 bridgehead atoms. The SMILES string of the molecule is C[C@H]1CCN(C(C)(C)C)[P@](Oc2ccccc2)N1C(C)(C)C. The number of hydrogen-bond donors (Lipinski definition) is 0. The monoisotopic (exact) mass is 322 g/mol. The Hall–Kier alpha value is -0.630. The highest BCUT2D eigenvalue weighted by Crippen LogP contribution is 2.56. The van der Waals surface area contributed by atoms with Crippen molar-refractivity contribution < 1.29 is 4.52 Å². The molecule has 0 spiro atoms. The molecule has 1 heterocycles. The maximum absolute atomic E-state index is 6.52. The Morgan fingerprint density at radius 1 is 1.00 bits per heavy atom. The number of benzene rings is 1. The molecule has 1 saturated heterocycles. The molecule has 0 amide bonds. The van der Waals surface area contributed by atoms with Gasteiger partial charge in [-0.05, 0) is 67.0 Å². The summed E-state index contributed by atoms with van der Waals surface area (Å²) < 4.78 is 11.6. The Labute approximate surface area is 137 Å². The third kappa shape index (κ3) is 4.01. The van der Waals surface area contributed by atoms with Gasteiger partial charge in [-0.2, -0.15) is 0 Å². The summed E-state index contributed by atoms with van der Waals surface area (Å²) in [5.74, 6) is 0.964. The van der Waals surface area contributed by atoms with Gasteiger partial charge in [-0.3, -0.25) is 0 Å². The van der Waals surface area contributed by atoms with Gasteiger partial charge < -0.3 is 4.52 Å². The minimum Gasteiger partial charge on any atom is -0.444 e. The molecule has 1 fully saturated rings. The molecule has 0 N–H and O–H groups in total. The quantitative estimate of drug-likeness (QED) is 0.688. The third-order valence-electron chi connectivity index (χ3n) is 3.96. The van der Waals surface area contributed by atoms with E-state index in [1.54, 1.807) is 0 Å². The van der Waals surface area contributed by atoms with Crippen molar-refractivity contribution in [3.05, 3.63) is 30.3 Å². The fourth-order valence-corrected chi connectivity index (χ4v) is 5.48. The van der Waals surface area contributed by atoms with Crippen LogP contribution >= 0.6 is 8.45 Å². The minimum absolute atomic E-state index is 0.0871. The molecule has 124 valence electrons. The number of rotatable bonds is 2. The molecular weight excluding hydrogens is 291 g/mol. The van der Waals surface area contributed by atoms with Crippen LogP contribution < -0.4 is 4.52 Å². The summed E-state index contributed by atoms with van der Waals surface area (Å²) in [7, 11) is -0.824. The number of hydrogen-bond acceptors (Lipinski definition) is 3. The lowest BCUT2D eigenvalue weighted by Crippen LogP contribution is -2.55. The van der Waals surface area contributed by atoms with E-state index in [9.17, 15) is 0 Å². The van der Waals surface area contributed by atoms with Gasteiger partial charge >= 0.3 is 0 Å². The van der Waals surface area contributed by atoms with Crippen molar-refractivity contribution in [3.63, 3.8) is 0 Å². The predicted octanol–water partition coefficient (Wildman–Crippen LogP) is 5.29. The highest BCUT2D eigenvalue weighted by Gasteiger charge is 2.46. The molecule has 0 unspecified atom stereocenters. The Balaban J connectivity index is 2.36. The van der Waals surface area contributed by atoms with E-state index in [1.807, 2.05) is 18.2 Å². The summed E-state index contributed by atoms with van der Waals surface area (Å²) >= 11 is 0. The van der Waals surface area contributed by atoms with E-state index in [1.165, 1.54) is 6.42 Å². The van der Waals surface area contributed by atoms with Crippen LogP contribution in [0.3, 0.4) is 0 Å². The molecule has 2 atom stereocenters. The molecule has 0 saturated carbocycles. The molecule has 22 heavy (non-hydrogen) atoms. The summed E-state index contributed by atoms with van der Waals surface area (Å²) in [5, 5.41) is 0. The summed E-state index contributed by atoms with van der Waals surface area (Å²) in [6.45, 7) is 17.2. The average Bonchev–Trinajstić information content (AvgIpc) is 2.36. The number of nitrogens with zero attached hydrogens (tertiary/aromatic N) is 2. The lowest BCUT2D eigenvalue weighted by molar-refractivity contribution is 0.109. The Bertz CT molecular complexity index is 478. The summed E-state index contributed by atoms with van der Waals surface area (Å²) in [4.78, 5) is 0. The van der Waals surface area contributed by atoms with Crippen molar-refractivity contribution >= 4 is 8.45 Å².